The molecule has 1 aliphatic rings. The highest BCUT2D eigenvalue weighted by Gasteiger charge is 2.09. The van der Waals surface area contributed by atoms with Gasteiger partial charge in [-0.15, -0.1) is 0 Å². The van der Waals surface area contributed by atoms with E-state index >= 15 is 0 Å². The Labute approximate surface area is 114 Å². The zero-order chi connectivity index (χ0) is 13.1. The Balaban J connectivity index is 1.56. The summed E-state index contributed by atoms with van der Waals surface area (Å²) in [5, 5.41) is 4.79. The van der Waals surface area contributed by atoms with Crippen molar-refractivity contribution in [2.75, 3.05) is 44.7 Å². The molecule has 1 aromatic heterocycles. The summed E-state index contributed by atoms with van der Waals surface area (Å²) in [6, 6.07) is 8.70. The van der Waals surface area contributed by atoms with E-state index in [9.17, 15) is 0 Å². The lowest BCUT2D eigenvalue weighted by Crippen LogP contribution is -2.38. The van der Waals surface area contributed by atoms with E-state index in [0.717, 1.165) is 39.4 Å². The Kier molecular flexibility index (Phi) is 3.71. The van der Waals surface area contributed by atoms with Crippen LogP contribution in [-0.2, 0) is 11.8 Å². The molecular formula is C15H21N3O. The smallest absolute Gasteiger partial charge is 0.0594 e. The summed E-state index contributed by atoms with van der Waals surface area (Å²) in [4.78, 5) is 2.44. The number of morpholine rings is 1. The van der Waals surface area contributed by atoms with Crippen molar-refractivity contribution in [1.82, 2.24) is 9.47 Å². The maximum Gasteiger partial charge on any atom is 0.0594 e. The van der Waals surface area contributed by atoms with Crippen LogP contribution in [0.3, 0.4) is 0 Å². The van der Waals surface area contributed by atoms with Gasteiger partial charge in [0.2, 0.25) is 0 Å². The van der Waals surface area contributed by atoms with Gasteiger partial charge in [-0.1, -0.05) is 0 Å². The molecule has 4 heteroatoms. The first kappa shape index (κ1) is 12.5. The summed E-state index contributed by atoms with van der Waals surface area (Å²) < 4.78 is 7.50. The fraction of sp³-hybridized carbons (Fsp3) is 0.467. The molecule has 1 saturated heterocycles. The minimum absolute atomic E-state index is 0.871. The number of benzene rings is 1. The number of aromatic nitrogens is 1. The van der Waals surface area contributed by atoms with Gasteiger partial charge < -0.3 is 14.6 Å². The highest BCUT2D eigenvalue weighted by atomic mass is 16.5. The van der Waals surface area contributed by atoms with Crippen LogP contribution in [0.5, 0.6) is 0 Å². The minimum Gasteiger partial charge on any atom is -0.384 e. The van der Waals surface area contributed by atoms with Crippen LogP contribution < -0.4 is 5.32 Å². The van der Waals surface area contributed by atoms with Gasteiger partial charge in [0.25, 0.3) is 0 Å². The first-order valence-corrected chi connectivity index (χ1v) is 6.92. The van der Waals surface area contributed by atoms with Crippen LogP contribution in [0.2, 0.25) is 0 Å². The van der Waals surface area contributed by atoms with Crippen LogP contribution in [0.4, 0.5) is 5.69 Å². The largest absolute Gasteiger partial charge is 0.384 e. The van der Waals surface area contributed by atoms with Crippen LogP contribution in [0.1, 0.15) is 0 Å². The summed E-state index contributed by atoms with van der Waals surface area (Å²) in [6.07, 6.45) is 2.10. The van der Waals surface area contributed by atoms with Gasteiger partial charge in [-0.25, -0.2) is 0 Å². The zero-order valence-corrected chi connectivity index (χ0v) is 11.4. The van der Waals surface area contributed by atoms with E-state index in [0.29, 0.717) is 0 Å². The molecule has 1 aromatic carbocycles. The summed E-state index contributed by atoms with van der Waals surface area (Å²) >= 11 is 0. The van der Waals surface area contributed by atoms with E-state index in [1.165, 1.54) is 16.6 Å². The van der Waals surface area contributed by atoms with Crippen molar-refractivity contribution in [3.05, 3.63) is 30.5 Å². The predicted octanol–water partition coefficient (Wildman–Crippen LogP) is 1.92. The molecule has 4 nitrogen and oxygen atoms in total. The zero-order valence-electron chi connectivity index (χ0n) is 11.4. The van der Waals surface area contributed by atoms with Gasteiger partial charge in [-0.05, 0) is 24.3 Å². The Hall–Kier alpha value is -1.52. The van der Waals surface area contributed by atoms with Gasteiger partial charge >= 0.3 is 0 Å². The van der Waals surface area contributed by atoms with Gasteiger partial charge in [0.1, 0.15) is 0 Å². The highest BCUT2D eigenvalue weighted by Crippen LogP contribution is 2.19. The fourth-order valence-electron chi connectivity index (χ4n) is 2.57. The summed E-state index contributed by atoms with van der Waals surface area (Å²) in [7, 11) is 2.08. The third-order valence-corrected chi connectivity index (χ3v) is 3.75. The molecule has 2 aromatic rings. The molecule has 1 aliphatic heterocycles. The van der Waals surface area contributed by atoms with E-state index in [2.05, 4.69) is 52.3 Å². The van der Waals surface area contributed by atoms with Gasteiger partial charge in [-0.3, -0.25) is 4.90 Å². The number of nitrogens with one attached hydrogen (secondary N) is 1. The molecule has 0 unspecified atom stereocenters. The Bertz CT molecular complexity index is 543. The lowest BCUT2D eigenvalue weighted by atomic mass is 10.2. The number of hydrogen-bond acceptors (Lipinski definition) is 3. The van der Waals surface area contributed by atoms with Crippen molar-refractivity contribution < 1.29 is 4.74 Å². The van der Waals surface area contributed by atoms with Crippen LogP contribution in [0.25, 0.3) is 10.9 Å². The van der Waals surface area contributed by atoms with E-state index in [-0.39, 0.29) is 0 Å². The molecule has 1 fully saturated rings. The average molecular weight is 259 g/mol. The number of hydrogen-bond donors (Lipinski definition) is 1. The SMILES string of the molecule is Cn1ccc2cc(NCCN3CCOCC3)ccc21. The molecule has 0 radical (unpaired) electrons. The molecule has 0 aliphatic carbocycles. The molecule has 0 saturated carbocycles. The Morgan fingerprint density at radius 1 is 1.21 bits per heavy atom. The van der Waals surface area contributed by atoms with Crippen molar-refractivity contribution in [2.24, 2.45) is 7.05 Å². The molecule has 19 heavy (non-hydrogen) atoms. The second-order valence-corrected chi connectivity index (χ2v) is 5.08. The normalized spacial score (nSPS) is 16.9. The van der Waals surface area contributed by atoms with Crippen molar-refractivity contribution in [3.63, 3.8) is 0 Å². The number of anilines is 1. The van der Waals surface area contributed by atoms with E-state index in [4.69, 9.17) is 4.74 Å². The lowest BCUT2D eigenvalue weighted by molar-refractivity contribution is 0.0398. The second kappa shape index (κ2) is 5.63. The molecule has 0 bridgehead atoms. The number of aryl methyl sites for hydroxylation is 1. The van der Waals surface area contributed by atoms with Crippen molar-refractivity contribution in [1.29, 1.82) is 0 Å². The van der Waals surface area contributed by atoms with Crippen molar-refractivity contribution >= 4 is 16.6 Å². The van der Waals surface area contributed by atoms with Crippen LogP contribution in [-0.4, -0.2) is 48.9 Å². The fourth-order valence-corrected chi connectivity index (χ4v) is 2.57. The monoisotopic (exact) mass is 259 g/mol. The summed E-state index contributed by atoms with van der Waals surface area (Å²) in [5.41, 5.74) is 2.48. The van der Waals surface area contributed by atoms with E-state index in [1.807, 2.05) is 0 Å². The van der Waals surface area contributed by atoms with Crippen molar-refractivity contribution in [2.45, 2.75) is 0 Å². The number of fused-ring (bicyclic) bond motifs is 1. The third-order valence-electron chi connectivity index (χ3n) is 3.75. The number of rotatable bonds is 4. The first-order chi connectivity index (χ1) is 9.33. The Morgan fingerprint density at radius 2 is 2.05 bits per heavy atom. The van der Waals surface area contributed by atoms with E-state index < -0.39 is 0 Å². The highest BCUT2D eigenvalue weighted by molar-refractivity contribution is 5.83. The Morgan fingerprint density at radius 3 is 2.89 bits per heavy atom. The molecule has 0 amide bonds. The van der Waals surface area contributed by atoms with Crippen molar-refractivity contribution in [3.8, 4) is 0 Å². The van der Waals surface area contributed by atoms with E-state index in [1.54, 1.807) is 0 Å². The maximum absolute atomic E-state index is 5.35. The van der Waals surface area contributed by atoms with Crippen LogP contribution in [0.15, 0.2) is 30.5 Å². The average Bonchev–Trinajstić information content (AvgIpc) is 2.81. The van der Waals surface area contributed by atoms with Gasteiger partial charge in [0, 0.05) is 56.0 Å². The first-order valence-electron chi connectivity index (χ1n) is 6.92. The number of nitrogens with zero attached hydrogens (tertiary/aromatic N) is 2. The minimum atomic E-state index is 0.871. The number of ether oxygens (including phenoxy) is 1. The molecule has 0 atom stereocenters. The molecule has 3 rings (SSSR count). The molecule has 1 N–H and O–H groups in total. The quantitative estimate of drug-likeness (QED) is 0.909. The summed E-state index contributed by atoms with van der Waals surface area (Å²) in [5.74, 6) is 0. The van der Waals surface area contributed by atoms with Crippen LogP contribution >= 0.6 is 0 Å². The summed E-state index contributed by atoms with van der Waals surface area (Å²) in [6.45, 7) is 5.92. The van der Waals surface area contributed by atoms with Gasteiger partial charge in [0.05, 0.1) is 13.2 Å². The van der Waals surface area contributed by atoms with Crippen LogP contribution in [0, 0.1) is 0 Å². The lowest BCUT2D eigenvalue weighted by Gasteiger charge is -2.26. The molecular weight excluding hydrogens is 238 g/mol. The molecule has 102 valence electrons. The maximum atomic E-state index is 5.35. The molecule has 2 heterocycles. The topological polar surface area (TPSA) is 29.4 Å². The third kappa shape index (κ3) is 2.91. The standard InChI is InChI=1S/C15H21N3O/c1-17-6-4-13-12-14(2-3-15(13)17)16-5-7-18-8-10-19-11-9-18/h2-4,6,12,16H,5,7-11H2,1H3. The predicted molar refractivity (Wildman–Crippen MR) is 78.7 cm³/mol. The van der Waals surface area contributed by atoms with Gasteiger partial charge in [0.15, 0.2) is 0 Å². The van der Waals surface area contributed by atoms with Gasteiger partial charge in [-0.2, -0.15) is 0 Å². The second-order valence-electron chi connectivity index (χ2n) is 5.08. The molecule has 0 spiro atoms.